The van der Waals surface area contributed by atoms with Crippen LogP contribution < -0.4 is 5.32 Å². The third kappa shape index (κ3) is 1.93. The number of fused-ring (bicyclic) bond motifs is 2. The van der Waals surface area contributed by atoms with E-state index in [-0.39, 0.29) is 0 Å². The molecule has 100 valence electrons. The summed E-state index contributed by atoms with van der Waals surface area (Å²) in [7, 11) is 0. The van der Waals surface area contributed by atoms with E-state index in [2.05, 4.69) is 11.4 Å². The molecule has 4 rings (SSSR count). The van der Waals surface area contributed by atoms with Crippen molar-refractivity contribution in [2.45, 2.75) is 37.8 Å². The molecular weight excluding hydrogens is 238 g/mol. The number of hydrogen-bond acceptors (Lipinski definition) is 3. The van der Waals surface area contributed by atoms with Gasteiger partial charge in [-0.05, 0) is 55.4 Å². The monoisotopic (exact) mass is 257 g/mol. The number of rotatable bonds is 4. The van der Waals surface area contributed by atoms with Crippen molar-refractivity contribution in [2.24, 2.45) is 11.8 Å². The summed E-state index contributed by atoms with van der Waals surface area (Å²) in [6.07, 6.45) is 7.60. The van der Waals surface area contributed by atoms with Gasteiger partial charge in [-0.25, -0.2) is 0 Å². The van der Waals surface area contributed by atoms with Gasteiger partial charge in [0, 0.05) is 12.0 Å². The quantitative estimate of drug-likeness (QED) is 0.910. The molecule has 0 saturated heterocycles. The Hall–Kier alpha value is -1.48. The third-order valence-electron chi connectivity index (χ3n) is 4.88. The van der Waals surface area contributed by atoms with Crippen molar-refractivity contribution < 1.29 is 8.83 Å². The maximum atomic E-state index is 5.67. The molecule has 2 saturated carbocycles. The number of hydrogen-bond donors (Lipinski definition) is 1. The Balaban J connectivity index is 1.52. The molecule has 2 aromatic heterocycles. The predicted octanol–water partition coefficient (Wildman–Crippen LogP) is 3.54. The lowest BCUT2D eigenvalue weighted by atomic mass is 9.83. The van der Waals surface area contributed by atoms with Crippen LogP contribution in [0.25, 0.3) is 0 Å². The first kappa shape index (κ1) is 11.4. The Bertz CT molecular complexity index is 517. The molecule has 2 bridgehead atoms. The minimum atomic E-state index is 0.537. The van der Waals surface area contributed by atoms with Crippen LogP contribution in [0.1, 0.15) is 36.7 Å². The SMILES string of the molecule is c1coc(CNC2C3CCC(C3)C2c2ccco2)c1. The van der Waals surface area contributed by atoms with Crippen LogP contribution in [0.5, 0.6) is 0 Å². The van der Waals surface area contributed by atoms with E-state index in [1.54, 1.807) is 12.5 Å². The molecule has 4 unspecified atom stereocenters. The summed E-state index contributed by atoms with van der Waals surface area (Å²) in [5.74, 6) is 4.31. The molecule has 0 aliphatic heterocycles. The van der Waals surface area contributed by atoms with Crippen LogP contribution in [0.4, 0.5) is 0 Å². The van der Waals surface area contributed by atoms with E-state index in [1.807, 2.05) is 18.2 Å². The lowest BCUT2D eigenvalue weighted by Gasteiger charge is -2.30. The minimum Gasteiger partial charge on any atom is -0.469 e. The molecule has 2 aliphatic rings. The average Bonchev–Trinajstić information content (AvgIpc) is 3.17. The summed E-state index contributed by atoms with van der Waals surface area (Å²) in [6.45, 7) is 0.818. The van der Waals surface area contributed by atoms with Gasteiger partial charge in [-0.1, -0.05) is 0 Å². The molecule has 0 spiro atoms. The fourth-order valence-electron chi connectivity index (χ4n) is 4.11. The van der Waals surface area contributed by atoms with Gasteiger partial charge in [-0.3, -0.25) is 0 Å². The van der Waals surface area contributed by atoms with Crippen molar-refractivity contribution in [1.29, 1.82) is 0 Å². The summed E-state index contributed by atoms with van der Waals surface area (Å²) >= 11 is 0. The molecule has 3 heteroatoms. The van der Waals surface area contributed by atoms with Gasteiger partial charge < -0.3 is 14.2 Å². The standard InChI is InChI=1S/C16H19NO2/c1-3-13(18-7-1)10-17-16-12-6-5-11(9-12)15(16)14-4-2-8-19-14/h1-4,7-8,11-12,15-17H,5-6,9-10H2. The van der Waals surface area contributed by atoms with Gasteiger partial charge in [0.1, 0.15) is 11.5 Å². The Morgan fingerprint density at radius 1 is 1.05 bits per heavy atom. The molecule has 0 amide bonds. The number of nitrogens with one attached hydrogen (secondary N) is 1. The lowest BCUT2D eigenvalue weighted by Crippen LogP contribution is -2.38. The van der Waals surface area contributed by atoms with Gasteiger partial charge in [0.2, 0.25) is 0 Å². The summed E-state index contributed by atoms with van der Waals surface area (Å²) in [6, 6.07) is 8.65. The van der Waals surface area contributed by atoms with E-state index in [0.717, 1.165) is 29.9 Å². The fraction of sp³-hybridized carbons (Fsp3) is 0.500. The van der Waals surface area contributed by atoms with Gasteiger partial charge in [0.05, 0.1) is 19.1 Å². The van der Waals surface area contributed by atoms with E-state index in [4.69, 9.17) is 8.83 Å². The largest absolute Gasteiger partial charge is 0.469 e. The van der Waals surface area contributed by atoms with Crippen LogP contribution in [0, 0.1) is 11.8 Å². The second-order valence-electron chi connectivity index (χ2n) is 5.86. The highest BCUT2D eigenvalue weighted by molar-refractivity contribution is 5.18. The highest BCUT2D eigenvalue weighted by atomic mass is 16.3. The average molecular weight is 257 g/mol. The van der Waals surface area contributed by atoms with E-state index in [9.17, 15) is 0 Å². The summed E-state index contributed by atoms with van der Waals surface area (Å²) in [5, 5.41) is 3.70. The zero-order valence-electron chi connectivity index (χ0n) is 10.9. The first-order chi connectivity index (χ1) is 9.42. The van der Waals surface area contributed by atoms with E-state index >= 15 is 0 Å². The third-order valence-corrected chi connectivity index (χ3v) is 4.88. The van der Waals surface area contributed by atoms with E-state index in [1.165, 1.54) is 19.3 Å². The molecule has 1 N–H and O–H groups in total. The molecule has 2 aromatic rings. The summed E-state index contributed by atoms with van der Waals surface area (Å²) in [4.78, 5) is 0. The Morgan fingerprint density at radius 3 is 2.68 bits per heavy atom. The summed E-state index contributed by atoms with van der Waals surface area (Å²) in [5.41, 5.74) is 0. The first-order valence-corrected chi connectivity index (χ1v) is 7.21. The van der Waals surface area contributed by atoms with Gasteiger partial charge in [0.15, 0.2) is 0 Å². The van der Waals surface area contributed by atoms with Crippen molar-refractivity contribution >= 4 is 0 Å². The zero-order valence-corrected chi connectivity index (χ0v) is 10.9. The van der Waals surface area contributed by atoms with Gasteiger partial charge in [-0.2, -0.15) is 0 Å². The second kappa shape index (κ2) is 4.57. The highest BCUT2D eigenvalue weighted by Gasteiger charge is 2.49. The van der Waals surface area contributed by atoms with E-state index < -0.39 is 0 Å². The van der Waals surface area contributed by atoms with Gasteiger partial charge >= 0.3 is 0 Å². The van der Waals surface area contributed by atoms with Crippen molar-refractivity contribution in [2.75, 3.05) is 0 Å². The minimum absolute atomic E-state index is 0.537. The fourth-order valence-corrected chi connectivity index (χ4v) is 4.11. The molecule has 0 radical (unpaired) electrons. The van der Waals surface area contributed by atoms with Crippen LogP contribution in [0.3, 0.4) is 0 Å². The summed E-state index contributed by atoms with van der Waals surface area (Å²) < 4.78 is 11.1. The van der Waals surface area contributed by atoms with Gasteiger partial charge in [0.25, 0.3) is 0 Å². The molecule has 2 fully saturated rings. The maximum Gasteiger partial charge on any atom is 0.117 e. The highest BCUT2D eigenvalue weighted by Crippen LogP contribution is 2.53. The molecule has 2 heterocycles. The Morgan fingerprint density at radius 2 is 1.89 bits per heavy atom. The molecule has 2 aliphatic carbocycles. The number of furan rings is 2. The molecule has 0 aromatic carbocycles. The topological polar surface area (TPSA) is 38.3 Å². The maximum absolute atomic E-state index is 5.67. The second-order valence-corrected chi connectivity index (χ2v) is 5.86. The Labute approximate surface area is 113 Å². The zero-order chi connectivity index (χ0) is 12.7. The van der Waals surface area contributed by atoms with Crippen LogP contribution in [-0.2, 0) is 6.54 Å². The van der Waals surface area contributed by atoms with Crippen LogP contribution in [0.15, 0.2) is 45.6 Å². The molecule has 19 heavy (non-hydrogen) atoms. The van der Waals surface area contributed by atoms with Crippen molar-refractivity contribution in [3.05, 3.63) is 48.3 Å². The van der Waals surface area contributed by atoms with Crippen molar-refractivity contribution in [3.63, 3.8) is 0 Å². The van der Waals surface area contributed by atoms with Crippen molar-refractivity contribution in [1.82, 2.24) is 5.32 Å². The Kier molecular flexibility index (Phi) is 2.73. The molecular formula is C16H19NO2. The van der Waals surface area contributed by atoms with Crippen LogP contribution in [-0.4, -0.2) is 6.04 Å². The van der Waals surface area contributed by atoms with Crippen LogP contribution >= 0.6 is 0 Å². The van der Waals surface area contributed by atoms with Gasteiger partial charge in [-0.15, -0.1) is 0 Å². The van der Waals surface area contributed by atoms with Crippen molar-refractivity contribution in [3.8, 4) is 0 Å². The molecule has 3 nitrogen and oxygen atoms in total. The smallest absolute Gasteiger partial charge is 0.117 e. The molecule has 4 atom stereocenters. The van der Waals surface area contributed by atoms with E-state index in [0.29, 0.717) is 12.0 Å². The normalized spacial score (nSPS) is 33.1. The lowest BCUT2D eigenvalue weighted by molar-refractivity contribution is 0.272. The predicted molar refractivity (Wildman–Crippen MR) is 71.6 cm³/mol. The first-order valence-electron chi connectivity index (χ1n) is 7.21. The van der Waals surface area contributed by atoms with Crippen LogP contribution in [0.2, 0.25) is 0 Å².